The van der Waals surface area contributed by atoms with Gasteiger partial charge in [0.2, 0.25) is 0 Å². The van der Waals surface area contributed by atoms with E-state index in [4.69, 9.17) is 0 Å². The molecule has 1 atom stereocenters. The number of hydrogen-bond donors (Lipinski definition) is 2. The number of halogens is 1. The molecule has 1 unspecified atom stereocenters. The van der Waals surface area contributed by atoms with E-state index in [1.54, 1.807) is 19.1 Å². The minimum atomic E-state index is -0.606. The maximum atomic E-state index is 14.8. The summed E-state index contributed by atoms with van der Waals surface area (Å²) in [6.07, 6.45) is 6.25. The number of nitrogens with one attached hydrogen (secondary N) is 2. The fourth-order valence-electron chi connectivity index (χ4n) is 4.98. The Bertz CT molecular complexity index is 1210. The first-order valence-corrected chi connectivity index (χ1v) is 11.5. The second-order valence-electron chi connectivity index (χ2n) is 9.07. The Balaban J connectivity index is 1.60. The van der Waals surface area contributed by atoms with Gasteiger partial charge in [0, 0.05) is 11.4 Å². The number of nitrogens with zero attached hydrogens (tertiary/aromatic N) is 1. The summed E-state index contributed by atoms with van der Waals surface area (Å²) in [6.45, 7) is 1.76. The van der Waals surface area contributed by atoms with Crippen molar-refractivity contribution in [3.05, 3.63) is 81.5 Å². The Morgan fingerprint density at radius 1 is 1.03 bits per heavy atom. The number of benzene rings is 2. The van der Waals surface area contributed by atoms with Gasteiger partial charge < -0.3 is 10.7 Å². The van der Waals surface area contributed by atoms with Gasteiger partial charge in [-0.3, -0.25) is 9.59 Å². The predicted octanol–water partition coefficient (Wildman–Crippen LogP) is 4.82. The molecule has 2 fully saturated rings. The lowest BCUT2D eigenvalue weighted by molar-refractivity contribution is 0.0932. The Morgan fingerprint density at radius 3 is 2.44 bits per heavy atom. The Kier molecular flexibility index (Phi) is 5.45. The summed E-state index contributed by atoms with van der Waals surface area (Å²) < 4.78 is 16.2. The highest BCUT2D eigenvalue weighted by molar-refractivity contribution is 6.08. The molecule has 6 heteroatoms. The summed E-state index contributed by atoms with van der Waals surface area (Å²) in [5.41, 5.74) is 4.76. The maximum Gasteiger partial charge on any atom is 0.279 e. The zero-order chi connectivity index (χ0) is 22.2. The fourth-order valence-corrected chi connectivity index (χ4v) is 4.98. The van der Waals surface area contributed by atoms with Crippen LogP contribution in [0, 0.1) is 18.7 Å². The number of aromatic nitrogens is 1. The molecule has 3 aromatic rings. The van der Waals surface area contributed by atoms with Gasteiger partial charge in [0.05, 0.1) is 22.7 Å². The fraction of sp³-hybridized carbons (Fsp3) is 0.385. The summed E-state index contributed by atoms with van der Waals surface area (Å²) in [5, 5.41) is 3.51. The first kappa shape index (κ1) is 20.7. The zero-order valence-electron chi connectivity index (χ0n) is 18.2. The number of hydrogen-bond acceptors (Lipinski definition) is 3. The molecule has 2 saturated carbocycles. The standard InChI is InChI=1S/C26H28FN3O2/c1-16-22(25(31)28-24(18-14-15-18)17-8-3-2-4-9-17)20-12-7-13-21(27)23(20)26(32)30(16)29-19-10-5-6-11-19/h2-4,7-9,12-13,18-19,24,29H,5-6,10-11,14-15H2,1H3,(H,28,31). The van der Waals surface area contributed by atoms with Crippen LogP contribution < -0.4 is 16.3 Å². The summed E-state index contributed by atoms with van der Waals surface area (Å²) >= 11 is 0. The highest BCUT2D eigenvalue weighted by Crippen LogP contribution is 2.41. The van der Waals surface area contributed by atoms with Crippen molar-refractivity contribution in [3.63, 3.8) is 0 Å². The summed E-state index contributed by atoms with van der Waals surface area (Å²) in [6, 6.07) is 14.5. The van der Waals surface area contributed by atoms with E-state index in [0.717, 1.165) is 44.1 Å². The van der Waals surface area contributed by atoms with E-state index in [1.165, 1.54) is 10.7 Å². The van der Waals surface area contributed by atoms with E-state index in [2.05, 4.69) is 10.7 Å². The first-order valence-electron chi connectivity index (χ1n) is 11.5. The third-order valence-electron chi connectivity index (χ3n) is 6.83. The van der Waals surface area contributed by atoms with E-state index in [0.29, 0.717) is 22.6 Å². The SMILES string of the molecule is Cc1c(C(=O)NC(c2ccccc2)C2CC2)c2cccc(F)c2c(=O)n1NC1CCCC1. The molecule has 1 heterocycles. The minimum Gasteiger partial charge on any atom is -0.345 e. The van der Waals surface area contributed by atoms with Gasteiger partial charge in [0.15, 0.2) is 0 Å². The molecule has 2 aromatic carbocycles. The van der Waals surface area contributed by atoms with Gasteiger partial charge >= 0.3 is 0 Å². The van der Waals surface area contributed by atoms with Crippen molar-refractivity contribution < 1.29 is 9.18 Å². The number of fused-ring (bicyclic) bond motifs is 1. The first-order chi connectivity index (χ1) is 15.5. The van der Waals surface area contributed by atoms with Crippen LogP contribution in [0.15, 0.2) is 53.3 Å². The van der Waals surface area contributed by atoms with Gasteiger partial charge in [-0.1, -0.05) is 55.3 Å². The van der Waals surface area contributed by atoms with Gasteiger partial charge in [-0.05, 0) is 50.2 Å². The molecule has 0 spiro atoms. The van der Waals surface area contributed by atoms with E-state index in [9.17, 15) is 14.0 Å². The molecule has 1 aromatic heterocycles. The van der Waals surface area contributed by atoms with Gasteiger partial charge in [-0.2, -0.15) is 0 Å². The third-order valence-corrected chi connectivity index (χ3v) is 6.83. The molecule has 0 saturated heterocycles. The Morgan fingerprint density at radius 2 is 1.75 bits per heavy atom. The number of pyridine rings is 1. The van der Waals surface area contributed by atoms with Crippen LogP contribution >= 0.6 is 0 Å². The van der Waals surface area contributed by atoms with Crippen LogP contribution in [0.1, 0.15) is 66.2 Å². The molecule has 5 rings (SSSR count). The van der Waals surface area contributed by atoms with E-state index in [-0.39, 0.29) is 23.4 Å². The predicted molar refractivity (Wildman–Crippen MR) is 124 cm³/mol. The van der Waals surface area contributed by atoms with Crippen molar-refractivity contribution in [1.29, 1.82) is 0 Å². The highest BCUT2D eigenvalue weighted by Gasteiger charge is 2.34. The van der Waals surface area contributed by atoms with Gasteiger partial charge in [-0.25, -0.2) is 9.07 Å². The monoisotopic (exact) mass is 433 g/mol. The quantitative estimate of drug-likeness (QED) is 0.586. The van der Waals surface area contributed by atoms with Gasteiger partial charge in [-0.15, -0.1) is 0 Å². The molecule has 166 valence electrons. The number of amides is 1. The van der Waals surface area contributed by atoms with Crippen LogP contribution in [-0.4, -0.2) is 16.6 Å². The number of carbonyl (C=O) groups is 1. The molecule has 2 aliphatic rings. The van der Waals surface area contributed by atoms with Crippen LogP contribution in [-0.2, 0) is 0 Å². The molecule has 1 amide bonds. The zero-order valence-corrected chi connectivity index (χ0v) is 18.2. The lowest BCUT2D eigenvalue weighted by Gasteiger charge is -2.24. The molecule has 2 N–H and O–H groups in total. The van der Waals surface area contributed by atoms with E-state index >= 15 is 0 Å². The van der Waals surface area contributed by atoms with E-state index < -0.39 is 11.4 Å². The highest BCUT2D eigenvalue weighted by atomic mass is 19.1. The van der Waals surface area contributed by atoms with Gasteiger partial charge in [0.25, 0.3) is 11.5 Å². The van der Waals surface area contributed by atoms with Crippen molar-refractivity contribution in [2.24, 2.45) is 5.92 Å². The molecule has 5 nitrogen and oxygen atoms in total. The molecule has 0 bridgehead atoms. The summed E-state index contributed by atoms with van der Waals surface area (Å²) in [7, 11) is 0. The second kappa shape index (κ2) is 8.41. The maximum absolute atomic E-state index is 14.8. The number of carbonyl (C=O) groups excluding carboxylic acids is 1. The van der Waals surface area contributed by atoms with Crippen molar-refractivity contribution in [2.75, 3.05) is 5.43 Å². The largest absolute Gasteiger partial charge is 0.345 e. The smallest absolute Gasteiger partial charge is 0.279 e. The average Bonchev–Trinajstić information content (AvgIpc) is 3.50. The lowest BCUT2D eigenvalue weighted by Crippen LogP contribution is -2.39. The van der Waals surface area contributed by atoms with Crippen molar-refractivity contribution in [3.8, 4) is 0 Å². The molecular weight excluding hydrogens is 405 g/mol. The van der Waals surface area contributed by atoms with Crippen LogP contribution in [0.2, 0.25) is 0 Å². The van der Waals surface area contributed by atoms with Crippen LogP contribution in [0.25, 0.3) is 10.8 Å². The van der Waals surface area contributed by atoms with Crippen LogP contribution in [0.3, 0.4) is 0 Å². The van der Waals surface area contributed by atoms with Crippen molar-refractivity contribution >= 4 is 16.7 Å². The molecular formula is C26H28FN3O2. The Labute approximate surface area is 186 Å². The topological polar surface area (TPSA) is 63.1 Å². The average molecular weight is 434 g/mol. The minimum absolute atomic E-state index is 0.0450. The Hall–Kier alpha value is -3.15. The summed E-state index contributed by atoms with van der Waals surface area (Å²) in [4.78, 5) is 26.9. The lowest BCUT2D eigenvalue weighted by atomic mass is 9.99. The van der Waals surface area contributed by atoms with E-state index in [1.807, 2.05) is 30.3 Å². The third kappa shape index (κ3) is 3.78. The second-order valence-corrected chi connectivity index (χ2v) is 9.07. The summed E-state index contributed by atoms with van der Waals surface area (Å²) in [5.74, 6) is -0.488. The van der Waals surface area contributed by atoms with Crippen LogP contribution in [0.4, 0.5) is 4.39 Å². The molecule has 0 aliphatic heterocycles. The molecule has 32 heavy (non-hydrogen) atoms. The van der Waals surface area contributed by atoms with Crippen LogP contribution in [0.5, 0.6) is 0 Å². The van der Waals surface area contributed by atoms with Crippen molar-refractivity contribution in [1.82, 2.24) is 9.99 Å². The molecule has 0 radical (unpaired) electrons. The molecule has 2 aliphatic carbocycles. The number of rotatable bonds is 6. The normalized spacial score (nSPS) is 17.4. The van der Waals surface area contributed by atoms with Gasteiger partial charge in [0.1, 0.15) is 5.82 Å². The van der Waals surface area contributed by atoms with Crippen molar-refractivity contribution in [2.45, 2.75) is 57.5 Å².